The Balaban J connectivity index is 1.47. The van der Waals surface area contributed by atoms with Crippen LogP contribution < -0.4 is 8.92 Å². The summed E-state index contributed by atoms with van der Waals surface area (Å²) in [6, 6.07) is 24.5. The Morgan fingerprint density at radius 1 is 0.784 bits per heavy atom. The molecule has 9 heteroatoms. The van der Waals surface area contributed by atoms with Crippen molar-refractivity contribution in [2.75, 3.05) is 0 Å². The van der Waals surface area contributed by atoms with Crippen LogP contribution in [0.5, 0.6) is 17.2 Å². The molecule has 0 saturated carbocycles. The summed E-state index contributed by atoms with van der Waals surface area (Å²) in [6.07, 6.45) is 0. The van der Waals surface area contributed by atoms with E-state index in [0.717, 1.165) is 16.7 Å². The SMILES string of the molecule is CC(C)(C)c1ccc(S(=O)(=O)Oc2ccc(-c3ccc(Oc4c(Cl)cccc4[N+](=O)[O-])cc3)cc2)cc1. The molecule has 0 aromatic heterocycles. The van der Waals surface area contributed by atoms with E-state index in [1.165, 1.54) is 18.2 Å². The molecular weight excluding hydrogens is 514 g/mol. The van der Waals surface area contributed by atoms with Crippen LogP contribution in [-0.4, -0.2) is 13.3 Å². The summed E-state index contributed by atoms with van der Waals surface area (Å²) in [5, 5.41) is 11.4. The highest BCUT2D eigenvalue weighted by Gasteiger charge is 2.20. The van der Waals surface area contributed by atoms with E-state index in [9.17, 15) is 18.5 Å². The van der Waals surface area contributed by atoms with Gasteiger partial charge in [-0.3, -0.25) is 10.1 Å². The maximum absolute atomic E-state index is 12.7. The Kier molecular flexibility index (Phi) is 7.25. The number of ether oxygens (including phenoxy) is 1. The van der Waals surface area contributed by atoms with Crippen LogP contribution in [-0.2, 0) is 15.5 Å². The van der Waals surface area contributed by atoms with Crippen molar-refractivity contribution >= 4 is 27.4 Å². The van der Waals surface area contributed by atoms with Crippen molar-refractivity contribution in [2.24, 2.45) is 0 Å². The number of nitro groups is 1. The fraction of sp³-hybridized carbons (Fsp3) is 0.143. The topological polar surface area (TPSA) is 95.7 Å². The van der Waals surface area contributed by atoms with Crippen LogP contribution in [0.2, 0.25) is 5.02 Å². The van der Waals surface area contributed by atoms with Gasteiger partial charge in [0.05, 0.1) is 9.95 Å². The minimum atomic E-state index is -3.98. The van der Waals surface area contributed by atoms with Gasteiger partial charge in [-0.15, -0.1) is 0 Å². The fourth-order valence-corrected chi connectivity index (χ4v) is 4.71. The molecule has 4 rings (SSSR count). The van der Waals surface area contributed by atoms with Gasteiger partial charge < -0.3 is 8.92 Å². The van der Waals surface area contributed by atoms with E-state index in [4.69, 9.17) is 20.5 Å². The first-order chi connectivity index (χ1) is 17.4. The monoisotopic (exact) mass is 537 g/mol. The molecule has 0 amide bonds. The Labute approximate surface area is 220 Å². The second-order valence-electron chi connectivity index (χ2n) is 9.31. The van der Waals surface area contributed by atoms with Crippen molar-refractivity contribution in [3.8, 4) is 28.4 Å². The molecule has 0 unspecified atom stereocenters. The summed E-state index contributed by atoms with van der Waals surface area (Å²) in [5.74, 6) is 0.538. The number of benzene rings is 4. The fourth-order valence-electron chi connectivity index (χ4n) is 3.57. The second-order valence-corrected chi connectivity index (χ2v) is 11.3. The molecule has 37 heavy (non-hydrogen) atoms. The van der Waals surface area contributed by atoms with Crippen molar-refractivity contribution in [1.29, 1.82) is 0 Å². The predicted octanol–water partition coefficient (Wildman–Crippen LogP) is 7.77. The van der Waals surface area contributed by atoms with Gasteiger partial charge in [0.1, 0.15) is 16.4 Å². The van der Waals surface area contributed by atoms with Crippen molar-refractivity contribution in [2.45, 2.75) is 31.1 Å². The molecule has 0 atom stereocenters. The van der Waals surface area contributed by atoms with Gasteiger partial charge in [-0.05, 0) is 64.6 Å². The number of hydrogen-bond acceptors (Lipinski definition) is 6. The molecule has 0 radical (unpaired) electrons. The van der Waals surface area contributed by atoms with E-state index >= 15 is 0 Å². The summed E-state index contributed by atoms with van der Waals surface area (Å²) in [5.41, 5.74) is 2.35. The maximum atomic E-state index is 12.7. The minimum Gasteiger partial charge on any atom is -0.449 e. The van der Waals surface area contributed by atoms with Gasteiger partial charge in [-0.25, -0.2) is 0 Å². The quantitative estimate of drug-likeness (QED) is 0.136. The van der Waals surface area contributed by atoms with Crippen LogP contribution in [0, 0.1) is 10.1 Å². The Bertz CT molecular complexity index is 1530. The average molecular weight is 538 g/mol. The highest BCUT2D eigenvalue weighted by atomic mass is 35.5. The normalized spacial score (nSPS) is 11.7. The summed E-state index contributed by atoms with van der Waals surface area (Å²) < 4.78 is 36.4. The molecule has 0 aliphatic carbocycles. The first-order valence-corrected chi connectivity index (χ1v) is 13.1. The van der Waals surface area contributed by atoms with Crippen molar-refractivity contribution in [3.05, 3.63) is 112 Å². The molecule has 7 nitrogen and oxygen atoms in total. The van der Waals surface area contributed by atoms with Gasteiger partial charge in [-0.2, -0.15) is 8.42 Å². The highest BCUT2D eigenvalue weighted by Crippen LogP contribution is 2.38. The van der Waals surface area contributed by atoms with E-state index in [1.54, 1.807) is 72.8 Å². The smallest absolute Gasteiger partial charge is 0.339 e. The molecule has 0 saturated heterocycles. The number of nitro benzene ring substituents is 1. The molecule has 0 aliphatic rings. The van der Waals surface area contributed by atoms with Gasteiger partial charge in [0.2, 0.25) is 5.75 Å². The lowest BCUT2D eigenvalue weighted by Gasteiger charge is -2.19. The summed E-state index contributed by atoms with van der Waals surface area (Å²) in [7, 11) is -3.98. The van der Waals surface area contributed by atoms with Gasteiger partial charge in [-0.1, -0.05) is 74.8 Å². The van der Waals surface area contributed by atoms with Gasteiger partial charge in [0.15, 0.2) is 0 Å². The molecule has 0 fully saturated rings. The summed E-state index contributed by atoms with van der Waals surface area (Å²) in [6.45, 7) is 6.17. The molecule has 0 aliphatic heterocycles. The van der Waals surface area contributed by atoms with Gasteiger partial charge in [0, 0.05) is 6.07 Å². The number of hydrogen-bond donors (Lipinski definition) is 0. The molecule has 4 aromatic carbocycles. The zero-order valence-corrected chi connectivity index (χ0v) is 21.9. The largest absolute Gasteiger partial charge is 0.449 e. The predicted molar refractivity (Wildman–Crippen MR) is 143 cm³/mol. The van der Waals surface area contributed by atoms with E-state index in [0.29, 0.717) is 5.75 Å². The lowest BCUT2D eigenvalue weighted by molar-refractivity contribution is -0.385. The number of rotatable bonds is 7. The van der Waals surface area contributed by atoms with Crippen LogP contribution in [0.3, 0.4) is 0 Å². The molecule has 0 bridgehead atoms. The average Bonchev–Trinajstić information content (AvgIpc) is 2.85. The van der Waals surface area contributed by atoms with Crippen LogP contribution >= 0.6 is 11.6 Å². The zero-order chi connectivity index (χ0) is 26.8. The van der Waals surface area contributed by atoms with Gasteiger partial charge >= 0.3 is 15.8 Å². The molecule has 0 heterocycles. The second kappa shape index (κ2) is 10.2. The van der Waals surface area contributed by atoms with E-state index < -0.39 is 15.0 Å². The Morgan fingerprint density at radius 3 is 1.84 bits per heavy atom. The number of nitrogens with zero attached hydrogens (tertiary/aromatic N) is 1. The first-order valence-electron chi connectivity index (χ1n) is 11.3. The lowest BCUT2D eigenvalue weighted by Crippen LogP contribution is -2.13. The molecule has 4 aromatic rings. The highest BCUT2D eigenvalue weighted by molar-refractivity contribution is 7.87. The third-order valence-electron chi connectivity index (χ3n) is 5.62. The molecule has 0 spiro atoms. The summed E-state index contributed by atoms with van der Waals surface area (Å²) >= 11 is 6.09. The molecule has 0 N–H and O–H groups in total. The summed E-state index contributed by atoms with van der Waals surface area (Å²) in [4.78, 5) is 10.8. The van der Waals surface area contributed by atoms with Gasteiger partial charge in [0.25, 0.3) is 0 Å². The standard InChI is InChI=1S/C28H24ClNO6S/c1-28(2,3)21-11-17-24(18-12-21)37(33,34)36-23-15-9-20(10-16-23)19-7-13-22(14-8-19)35-27-25(29)5-4-6-26(27)30(31)32/h4-18H,1-3H3. The van der Waals surface area contributed by atoms with Crippen molar-refractivity contribution in [1.82, 2.24) is 0 Å². The first kappa shape index (κ1) is 26.2. The zero-order valence-electron chi connectivity index (χ0n) is 20.3. The van der Waals surface area contributed by atoms with Crippen LogP contribution in [0.25, 0.3) is 11.1 Å². The van der Waals surface area contributed by atoms with Crippen molar-refractivity contribution in [3.63, 3.8) is 0 Å². The molecular formula is C28H24ClNO6S. The van der Waals surface area contributed by atoms with Crippen LogP contribution in [0.1, 0.15) is 26.3 Å². The van der Waals surface area contributed by atoms with E-state index in [1.807, 2.05) is 0 Å². The third kappa shape index (κ3) is 6.10. The van der Waals surface area contributed by atoms with Crippen LogP contribution in [0.4, 0.5) is 5.69 Å². The molecule has 190 valence electrons. The number of para-hydroxylation sites is 1. The third-order valence-corrected chi connectivity index (χ3v) is 7.18. The van der Waals surface area contributed by atoms with E-state index in [2.05, 4.69) is 20.8 Å². The minimum absolute atomic E-state index is 0.0299. The van der Waals surface area contributed by atoms with Crippen LogP contribution in [0.15, 0.2) is 95.9 Å². The maximum Gasteiger partial charge on any atom is 0.339 e. The number of halogens is 1. The lowest BCUT2D eigenvalue weighted by atomic mass is 9.87. The Morgan fingerprint density at radius 2 is 1.32 bits per heavy atom. The Hall–Kier alpha value is -3.88. The van der Waals surface area contributed by atoms with E-state index in [-0.39, 0.29) is 32.5 Å². The van der Waals surface area contributed by atoms with Crippen molar-refractivity contribution < 1.29 is 22.3 Å².